The smallest absolute Gasteiger partial charge is 0.0467 e. The van der Waals surface area contributed by atoms with E-state index in [0.29, 0.717) is 0 Å². The maximum Gasteiger partial charge on any atom is 0.0467 e. The molecule has 0 spiro atoms. The fraction of sp³-hybridized carbons (Fsp3) is 0. The van der Waals surface area contributed by atoms with Crippen LogP contribution in [0.3, 0.4) is 0 Å². The van der Waals surface area contributed by atoms with E-state index in [1.165, 1.54) is 84.5 Å². The number of hydrogen-bond donors (Lipinski definition) is 0. The van der Waals surface area contributed by atoms with E-state index in [9.17, 15) is 0 Å². The highest BCUT2D eigenvalue weighted by Crippen LogP contribution is 2.43. The molecule has 0 unspecified atom stereocenters. The minimum Gasteiger partial charge on any atom is -0.310 e. The molecule has 0 aliphatic heterocycles. The summed E-state index contributed by atoms with van der Waals surface area (Å²) in [5, 5.41) is 7.80. The first kappa shape index (κ1) is 32.0. The molecule has 258 valence electrons. The molecule has 0 N–H and O–H groups in total. The summed E-state index contributed by atoms with van der Waals surface area (Å²) in [6.07, 6.45) is 0. The van der Waals surface area contributed by atoms with E-state index in [4.69, 9.17) is 0 Å². The third-order valence-electron chi connectivity index (χ3n) is 10.9. The lowest BCUT2D eigenvalue weighted by atomic mass is 9.98. The summed E-state index contributed by atoms with van der Waals surface area (Å²) in [6.45, 7) is 0. The van der Waals surface area contributed by atoms with Gasteiger partial charge < -0.3 is 4.90 Å². The van der Waals surface area contributed by atoms with Crippen LogP contribution in [0.5, 0.6) is 0 Å². The zero-order chi connectivity index (χ0) is 36.3. The first-order valence-corrected chi connectivity index (χ1v) is 20.3. The molecule has 11 rings (SSSR count). The van der Waals surface area contributed by atoms with Crippen LogP contribution in [0.2, 0.25) is 0 Å². The predicted molar refractivity (Wildman–Crippen MR) is 241 cm³/mol. The molecule has 0 aliphatic carbocycles. The van der Waals surface area contributed by atoms with Crippen molar-refractivity contribution in [1.82, 2.24) is 0 Å². The van der Waals surface area contributed by atoms with Crippen LogP contribution >= 0.6 is 22.7 Å². The maximum atomic E-state index is 2.38. The van der Waals surface area contributed by atoms with E-state index in [1.54, 1.807) is 0 Å². The van der Waals surface area contributed by atoms with Crippen molar-refractivity contribution in [3.63, 3.8) is 0 Å². The second-order valence-corrected chi connectivity index (χ2v) is 16.3. The summed E-state index contributed by atoms with van der Waals surface area (Å²) in [5.41, 5.74) is 10.7. The molecule has 2 heterocycles. The Morgan fingerprint density at radius 2 is 0.855 bits per heavy atom. The van der Waals surface area contributed by atoms with Gasteiger partial charge in [0.15, 0.2) is 0 Å². The predicted octanol–water partition coefficient (Wildman–Crippen LogP) is 16.0. The number of hydrogen-bond acceptors (Lipinski definition) is 3. The minimum atomic E-state index is 1.11. The summed E-state index contributed by atoms with van der Waals surface area (Å²) in [6, 6.07) is 73.5. The third kappa shape index (κ3) is 5.60. The molecule has 3 heteroatoms. The van der Waals surface area contributed by atoms with Crippen molar-refractivity contribution in [2.75, 3.05) is 4.90 Å². The Balaban J connectivity index is 1.01. The quantitative estimate of drug-likeness (QED) is 0.164. The normalized spacial score (nSPS) is 11.6. The van der Waals surface area contributed by atoms with Crippen LogP contribution in [0, 0.1) is 0 Å². The standard InChI is InChI=1S/C52H33NS2/c1-2-10-37-31-39(20-19-34(37)9-1)38-11-7-12-43(32-38)53(41-26-21-35(22-27-41)40-25-30-50-47(33-40)45-13-3-5-16-48(45)54-50)42-28-23-36(24-29-42)44-15-8-18-51-52(44)46-14-4-6-17-49(46)55-51/h1-33H. The first-order chi connectivity index (χ1) is 27.2. The van der Waals surface area contributed by atoms with Crippen molar-refractivity contribution in [1.29, 1.82) is 0 Å². The van der Waals surface area contributed by atoms with Gasteiger partial charge in [0.05, 0.1) is 0 Å². The van der Waals surface area contributed by atoms with Crippen LogP contribution in [-0.4, -0.2) is 0 Å². The Morgan fingerprint density at radius 1 is 0.291 bits per heavy atom. The lowest BCUT2D eigenvalue weighted by Gasteiger charge is -2.26. The van der Waals surface area contributed by atoms with Gasteiger partial charge in [-0.25, -0.2) is 0 Å². The van der Waals surface area contributed by atoms with Gasteiger partial charge in [0.25, 0.3) is 0 Å². The van der Waals surface area contributed by atoms with Crippen molar-refractivity contribution < 1.29 is 0 Å². The molecule has 0 aliphatic rings. The zero-order valence-electron chi connectivity index (χ0n) is 29.8. The van der Waals surface area contributed by atoms with E-state index in [0.717, 1.165) is 17.1 Å². The highest BCUT2D eigenvalue weighted by atomic mass is 32.1. The summed E-state index contributed by atoms with van der Waals surface area (Å²) >= 11 is 3.73. The number of anilines is 3. The van der Waals surface area contributed by atoms with Gasteiger partial charge in [-0.1, -0.05) is 127 Å². The average Bonchev–Trinajstić information content (AvgIpc) is 3.83. The van der Waals surface area contributed by atoms with Crippen molar-refractivity contribution in [2.24, 2.45) is 0 Å². The largest absolute Gasteiger partial charge is 0.310 e. The number of benzene rings is 9. The topological polar surface area (TPSA) is 3.24 Å². The Hall–Kier alpha value is -6.52. The zero-order valence-corrected chi connectivity index (χ0v) is 31.4. The van der Waals surface area contributed by atoms with Crippen molar-refractivity contribution >= 4 is 90.9 Å². The molecule has 0 saturated heterocycles. The fourth-order valence-corrected chi connectivity index (χ4v) is 10.4. The van der Waals surface area contributed by atoms with Gasteiger partial charge in [-0.15, -0.1) is 22.7 Å². The highest BCUT2D eigenvalue weighted by Gasteiger charge is 2.16. The molecule has 2 aromatic heterocycles. The Bertz CT molecular complexity index is 3200. The Labute approximate surface area is 327 Å². The molecule has 0 amide bonds. The van der Waals surface area contributed by atoms with Crippen LogP contribution in [0.25, 0.3) is 84.5 Å². The van der Waals surface area contributed by atoms with Crippen molar-refractivity contribution in [3.8, 4) is 33.4 Å². The van der Waals surface area contributed by atoms with Crippen LogP contribution in [-0.2, 0) is 0 Å². The SMILES string of the molecule is c1cc(-c2ccc3ccccc3c2)cc(N(c2ccc(-c3ccc4sc5ccccc5c4c3)cc2)c2ccc(-c3cccc4sc5ccccc5c34)cc2)c1. The second-order valence-electron chi connectivity index (χ2n) is 14.1. The van der Waals surface area contributed by atoms with Crippen molar-refractivity contribution in [2.45, 2.75) is 0 Å². The summed E-state index contributed by atoms with van der Waals surface area (Å²) < 4.78 is 5.30. The third-order valence-corrected chi connectivity index (χ3v) is 13.1. The van der Waals surface area contributed by atoms with E-state index < -0.39 is 0 Å². The van der Waals surface area contributed by atoms with Crippen LogP contribution in [0.1, 0.15) is 0 Å². The molecule has 0 atom stereocenters. The molecule has 55 heavy (non-hydrogen) atoms. The molecular weight excluding hydrogens is 703 g/mol. The number of thiophene rings is 2. The van der Waals surface area contributed by atoms with Crippen LogP contribution in [0.4, 0.5) is 17.1 Å². The molecule has 0 bridgehead atoms. The van der Waals surface area contributed by atoms with E-state index in [2.05, 4.69) is 205 Å². The molecule has 1 nitrogen and oxygen atoms in total. The molecular formula is C52H33NS2. The van der Waals surface area contributed by atoms with Gasteiger partial charge in [0, 0.05) is 57.4 Å². The molecule has 0 saturated carbocycles. The number of rotatable bonds is 6. The molecule has 0 radical (unpaired) electrons. The van der Waals surface area contributed by atoms with Crippen LogP contribution in [0.15, 0.2) is 200 Å². The number of fused-ring (bicyclic) bond motifs is 7. The van der Waals surface area contributed by atoms with Gasteiger partial charge in [-0.3, -0.25) is 0 Å². The summed E-state index contributed by atoms with van der Waals surface area (Å²) in [5.74, 6) is 0. The highest BCUT2D eigenvalue weighted by molar-refractivity contribution is 7.26. The lowest BCUT2D eigenvalue weighted by Crippen LogP contribution is -2.10. The van der Waals surface area contributed by atoms with Crippen molar-refractivity contribution in [3.05, 3.63) is 200 Å². The van der Waals surface area contributed by atoms with Gasteiger partial charge in [-0.2, -0.15) is 0 Å². The van der Waals surface area contributed by atoms with E-state index in [-0.39, 0.29) is 0 Å². The maximum absolute atomic E-state index is 2.38. The monoisotopic (exact) mass is 735 g/mol. The molecule has 0 fully saturated rings. The van der Waals surface area contributed by atoms with E-state index >= 15 is 0 Å². The van der Waals surface area contributed by atoms with Gasteiger partial charge in [0.2, 0.25) is 0 Å². The molecule has 9 aromatic carbocycles. The van der Waals surface area contributed by atoms with Gasteiger partial charge in [0.1, 0.15) is 0 Å². The van der Waals surface area contributed by atoms with Crippen LogP contribution < -0.4 is 4.90 Å². The molecule has 11 aromatic rings. The summed E-state index contributed by atoms with van der Waals surface area (Å²) in [7, 11) is 0. The van der Waals surface area contributed by atoms with Gasteiger partial charge in [-0.05, 0) is 117 Å². The first-order valence-electron chi connectivity index (χ1n) is 18.7. The minimum absolute atomic E-state index is 1.11. The fourth-order valence-electron chi connectivity index (χ4n) is 8.15. The van der Waals surface area contributed by atoms with Gasteiger partial charge >= 0.3 is 0 Å². The second kappa shape index (κ2) is 13.1. The lowest BCUT2D eigenvalue weighted by molar-refractivity contribution is 1.28. The average molecular weight is 736 g/mol. The number of nitrogens with zero attached hydrogens (tertiary/aromatic N) is 1. The Morgan fingerprint density at radius 3 is 1.67 bits per heavy atom. The summed E-state index contributed by atoms with van der Waals surface area (Å²) in [4.78, 5) is 2.38. The van der Waals surface area contributed by atoms with E-state index in [1.807, 2.05) is 22.7 Å². The Kier molecular flexibility index (Phi) is 7.61.